The minimum Gasteiger partial charge on any atom is -0.483 e. The number of ether oxygens (including phenoxy) is 2. The molecule has 0 heterocycles. The Labute approximate surface area is 108 Å². The highest BCUT2D eigenvalue weighted by Crippen LogP contribution is 2.09. The molecular weight excluding hydrogens is 238 g/mol. The van der Waals surface area contributed by atoms with E-state index in [1.54, 1.807) is 26.2 Å². The summed E-state index contributed by atoms with van der Waals surface area (Å²) in [6, 6.07) is 0. The predicted molar refractivity (Wildman–Crippen MR) is 67.5 cm³/mol. The van der Waals surface area contributed by atoms with Crippen LogP contribution in [0.25, 0.3) is 0 Å². The van der Waals surface area contributed by atoms with Crippen LogP contribution in [0.3, 0.4) is 0 Å². The van der Waals surface area contributed by atoms with Crippen LogP contribution in [0.4, 0.5) is 0 Å². The van der Waals surface area contributed by atoms with Crippen molar-refractivity contribution in [3.63, 3.8) is 0 Å². The number of carboxylic acid groups (broad SMARTS) is 1. The van der Waals surface area contributed by atoms with Gasteiger partial charge in [-0.15, -0.1) is 6.58 Å². The van der Waals surface area contributed by atoms with Crippen LogP contribution in [-0.2, 0) is 14.3 Å². The highest BCUT2D eigenvalue weighted by molar-refractivity contribution is 5.32. The Kier molecular flexibility index (Phi) is 18.1. The number of aliphatic hydroxyl groups is 1. The molecule has 1 unspecified atom stereocenters. The number of hydrogen-bond donors (Lipinski definition) is 2. The van der Waals surface area contributed by atoms with Gasteiger partial charge in [-0.1, -0.05) is 12.7 Å². The standard InChI is InChI=1S/C8H13NO3.C3H6.CH2O2/c1-4-7(10)11-5-8(2,3)12-6-9;1-3-2;2-1-3/h4,7,10H,1,5H2,2-3H3;3H,1H2,2H3;1H,(H,2,3). The molecule has 0 aliphatic heterocycles. The van der Waals surface area contributed by atoms with Crippen molar-refractivity contribution < 1.29 is 24.5 Å². The third-order valence-electron chi connectivity index (χ3n) is 1.13. The van der Waals surface area contributed by atoms with Crippen molar-refractivity contribution in [2.45, 2.75) is 32.7 Å². The smallest absolute Gasteiger partial charge is 0.290 e. The zero-order chi connectivity index (χ0) is 15.0. The van der Waals surface area contributed by atoms with Crippen LogP contribution in [0, 0.1) is 11.5 Å². The molecule has 0 aromatic carbocycles. The van der Waals surface area contributed by atoms with Crippen LogP contribution < -0.4 is 0 Å². The van der Waals surface area contributed by atoms with Crippen molar-refractivity contribution in [3.8, 4) is 6.26 Å². The van der Waals surface area contributed by atoms with Gasteiger partial charge in [0, 0.05) is 0 Å². The summed E-state index contributed by atoms with van der Waals surface area (Å²) in [4.78, 5) is 8.36. The number of rotatable bonds is 5. The Morgan fingerprint density at radius 1 is 1.50 bits per heavy atom. The Hall–Kier alpha value is -1.84. The molecule has 0 bridgehead atoms. The van der Waals surface area contributed by atoms with E-state index in [0.29, 0.717) is 0 Å². The average Bonchev–Trinajstić information content (AvgIpc) is 2.28. The largest absolute Gasteiger partial charge is 0.483 e. The number of nitriles is 1. The molecule has 0 aliphatic rings. The lowest BCUT2D eigenvalue weighted by molar-refractivity contribution is -0.122. The first-order valence-corrected chi connectivity index (χ1v) is 4.99. The monoisotopic (exact) mass is 259 g/mol. The SMILES string of the molecule is C=CC.C=CC(O)OCC(C)(C)OC#N.O=CO. The van der Waals surface area contributed by atoms with Crippen molar-refractivity contribution in [1.82, 2.24) is 0 Å². The number of allylic oxidation sites excluding steroid dienone is 1. The third kappa shape index (κ3) is 23.8. The van der Waals surface area contributed by atoms with Crippen LogP contribution in [0.5, 0.6) is 0 Å². The molecule has 6 nitrogen and oxygen atoms in total. The van der Waals surface area contributed by atoms with Gasteiger partial charge in [-0.3, -0.25) is 4.79 Å². The van der Waals surface area contributed by atoms with Gasteiger partial charge in [0.05, 0.1) is 6.61 Å². The molecule has 1 atom stereocenters. The van der Waals surface area contributed by atoms with Crippen molar-refractivity contribution in [1.29, 1.82) is 5.26 Å². The van der Waals surface area contributed by atoms with Crippen molar-refractivity contribution >= 4 is 6.47 Å². The highest BCUT2D eigenvalue weighted by atomic mass is 16.6. The summed E-state index contributed by atoms with van der Waals surface area (Å²) in [5.41, 5.74) is -0.710. The van der Waals surface area contributed by atoms with E-state index < -0.39 is 11.9 Å². The molecule has 0 rings (SSSR count). The van der Waals surface area contributed by atoms with Gasteiger partial charge in [-0.25, -0.2) is 0 Å². The van der Waals surface area contributed by atoms with E-state index in [1.165, 1.54) is 6.08 Å². The van der Waals surface area contributed by atoms with Gasteiger partial charge in [-0.2, -0.15) is 5.26 Å². The number of nitrogens with zero attached hydrogens (tertiary/aromatic N) is 1. The van der Waals surface area contributed by atoms with Gasteiger partial charge in [0.15, 0.2) is 6.29 Å². The second kappa shape index (κ2) is 15.2. The van der Waals surface area contributed by atoms with Gasteiger partial charge in [0.1, 0.15) is 5.60 Å². The molecule has 2 N–H and O–H groups in total. The first-order chi connectivity index (χ1) is 8.34. The molecule has 0 aromatic rings. The fraction of sp³-hybridized carbons (Fsp3) is 0.500. The third-order valence-corrected chi connectivity index (χ3v) is 1.13. The summed E-state index contributed by atoms with van der Waals surface area (Å²) in [5, 5.41) is 24.0. The van der Waals surface area contributed by atoms with Crippen molar-refractivity contribution in [2.75, 3.05) is 6.61 Å². The molecule has 0 aliphatic carbocycles. The molecule has 0 aromatic heterocycles. The molecule has 6 heteroatoms. The van der Waals surface area contributed by atoms with Crippen LogP contribution in [-0.4, -0.2) is 35.2 Å². The second-order valence-electron chi connectivity index (χ2n) is 3.40. The Balaban J connectivity index is -0.000000315. The molecule has 104 valence electrons. The molecule has 0 amide bonds. The number of hydrogen-bond acceptors (Lipinski definition) is 5. The van der Waals surface area contributed by atoms with Gasteiger partial charge in [0.25, 0.3) is 12.7 Å². The van der Waals surface area contributed by atoms with E-state index in [4.69, 9.17) is 25.0 Å². The Morgan fingerprint density at radius 3 is 2.17 bits per heavy atom. The molecule has 0 fully saturated rings. The second-order valence-corrected chi connectivity index (χ2v) is 3.40. The number of carbonyl (C=O) groups is 1. The summed E-state index contributed by atoms with van der Waals surface area (Å²) in [6.45, 7) is 11.8. The van der Waals surface area contributed by atoms with Crippen LogP contribution in [0.2, 0.25) is 0 Å². The molecule has 0 saturated carbocycles. The van der Waals surface area contributed by atoms with Gasteiger partial charge in [-0.05, 0) is 26.8 Å². The Bertz CT molecular complexity index is 252. The summed E-state index contributed by atoms with van der Waals surface area (Å²) in [5.74, 6) is 0. The van der Waals surface area contributed by atoms with Crippen LogP contribution in [0.1, 0.15) is 20.8 Å². The van der Waals surface area contributed by atoms with Gasteiger partial charge in [0.2, 0.25) is 0 Å². The summed E-state index contributed by atoms with van der Waals surface area (Å²) >= 11 is 0. The first kappa shape index (κ1) is 21.4. The average molecular weight is 259 g/mol. The fourth-order valence-corrected chi connectivity index (χ4v) is 0.507. The lowest BCUT2D eigenvalue weighted by Crippen LogP contribution is -2.31. The maximum Gasteiger partial charge on any atom is 0.290 e. The zero-order valence-corrected chi connectivity index (χ0v) is 11.0. The Morgan fingerprint density at radius 2 is 1.89 bits per heavy atom. The molecule has 0 saturated heterocycles. The lowest BCUT2D eigenvalue weighted by atomic mass is 10.1. The van der Waals surface area contributed by atoms with E-state index in [9.17, 15) is 0 Å². The van der Waals surface area contributed by atoms with E-state index in [-0.39, 0.29) is 13.1 Å². The van der Waals surface area contributed by atoms with E-state index in [1.807, 2.05) is 6.92 Å². The lowest BCUT2D eigenvalue weighted by Gasteiger charge is -2.21. The van der Waals surface area contributed by atoms with Gasteiger partial charge >= 0.3 is 0 Å². The van der Waals surface area contributed by atoms with E-state index in [2.05, 4.69) is 17.9 Å². The van der Waals surface area contributed by atoms with Crippen molar-refractivity contribution in [2.24, 2.45) is 0 Å². The predicted octanol–water partition coefficient (Wildman–Crippen LogP) is 1.68. The van der Waals surface area contributed by atoms with Crippen LogP contribution in [0.15, 0.2) is 25.3 Å². The van der Waals surface area contributed by atoms with Crippen molar-refractivity contribution in [3.05, 3.63) is 25.3 Å². The minimum absolute atomic E-state index is 0.133. The fourth-order valence-electron chi connectivity index (χ4n) is 0.507. The van der Waals surface area contributed by atoms with E-state index >= 15 is 0 Å². The van der Waals surface area contributed by atoms with Crippen LogP contribution >= 0.6 is 0 Å². The zero-order valence-electron chi connectivity index (χ0n) is 11.0. The minimum atomic E-state index is -1.01. The van der Waals surface area contributed by atoms with Gasteiger partial charge < -0.3 is 19.7 Å². The maximum atomic E-state index is 8.91. The first-order valence-electron chi connectivity index (χ1n) is 4.99. The molecule has 0 radical (unpaired) electrons. The maximum absolute atomic E-state index is 8.91. The van der Waals surface area contributed by atoms with E-state index in [0.717, 1.165) is 0 Å². The normalized spacial score (nSPS) is 10.2. The summed E-state index contributed by atoms with van der Waals surface area (Å²) in [6.07, 6.45) is 3.56. The number of aliphatic hydroxyl groups excluding tert-OH is 1. The highest BCUT2D eigenvalue weighted by Gasteiger charge is 2.20. The topological polar surface area (TPSA) is 99.8 Å². The molecule has 0 spiro atoms. The quantitative estimate of drug-likeness (QED) is 0.337. The molecular formula is C12H21NO5. The summed E-state index contributed by atoms with van der Waals surface area (Å²) in [7, 11) is 0. The molecule has 18 heavy (non-hydrogen) atoms. The summed E-state index contributed by atoms with van der Waals surface area (Å²) < 4.78 is 9.53.